The molecule has 0 aliphatic heterocycles. The monoisotopic (exact) mass is 431 g/mol. The van der Waals surface area contributed by atoms with Crippen molar-refractivity contribution in [3.05, 3.63) is 81.7 Å². The van der Waals surface area contributed by atoms with E-state index in [4.69, 9.17) is 4.74 Å². The lowest BCUT2D eigenvalue weighted by atomic mass is 10.2. The zero-order valence-corrected chi connectivity index (χ0v) is 15.7. The molecule has 2 nitrogen and oxygen atoms in total. The van der Waals surface area contributed by atoms with E-state index >= 15 is 0 Å². The topological polar surface area (TPSA) is 12.5 Å². The van der Waals surface area contributed by atoms with Crippen LogP contribution in [0, 0.1) is 0 Å². The minimum atomic E-state index is 0.841. The van der Waals surface area contributed by atoms with Crippen LogP contribution in [0.25, 0.3) is 0 Å². The summed E-state index contributed by atoms with van der Waals surface area (Å²) >= 11 is 7.33. The minimum absolute atomic E-state index is 0.841. The third-order valence-corrected chi connectivity index (χ3v) is 4.86. The summed E-state index contributed by atoms with van der Waals surface area (Å²) < 4.78 is 7.34. The highest BCUT2D eigenvalue weighted by molar-refractivity contribution is 9.11. The molecule has 3 aromatic carbocycles. The molecule has 0 heterocycles. The number of ether oxygens (including phenoxy) is 1. The lowest BCUT2D eigenvalue weighted by molar-refractivity contribution is 0.415. The van der Waals surface area contributed by atoms with Crippen LogP contribution in [-0.2, 0) is 0 Å². The third kappa shape index (κ3) is 3.43. The second-order valence-corrected chi connectivity index (χ2v) is 6.64. The molecule has 23 heavy (non-hydrogen) atoms. The lowest BCUT2D eigenvalue weighted by Gasteiger charge is -2.27. The summed E-state index contributed by atoms with van der Waals surface area (Å²) in [6.45, 7) is 0. The third-order valence-electron chi connectivity index (χ3n) is 3.52. The molecule has 0 fully saturated rings. The van der Waals surface area contributed by atoms with Gasteiger partial charge < -0.3 is 9.64 Å². The molecule has 3 rings (SSSR count). The van der Waals surface area contributed by atoms with Crippen molar-refractivity contribution in [2.45, 2.75) is 0 Å². The number of hydrogen-bond donors (Lipinski definition) is 0. The fraction of sp³-hybridized carbons (Fsp3) is 0.0526. The Bertz CT molecular complexity index is 757. The molecule has 4 heteroatoms. The number of benzene rings is 3. The normalized spacial score (nSPS) is 10.4. The Hall–Kier alpha value is -1.78. The van der Waals surface area contributed by atoms with Crippen LogP contribution in [0.15, 0.2) is 81.7 Å². The van der Waals surface area contributed by atoms with Crippen LogP contribution in [-0.4, -0.2) is 7.11 Å². The van der Waals surface area contributed by atoms with Gasteiger partial charge in [-0.05, 0) is 80.4 Å². The largest absolute Gasteiger partial charge is 0.497 e. The summed E-state index contributed by atoms with van der Waals surface area (Å²) in [7, 11) is 1.67. The standard InChI is InChI=1S/C19H15Br2NO/c1-23-15-12-10-14(11-13-15)22(18-8-4-2-6-16(18)20)19-9-5-3-7-17(19)21/h2-13H,1H3. The first-order valence-electron chi connectivity index (χ1n) is 7.14. The number of anilines is 3. The molecule has 0 unspecified atom stereocenters. The highest BCUT2D eigenvalue weighted by atomic mass is 79.9. The van der Waals surface area contributed by atoms with Crippen LogP contribution in [0.3, 0.4) is 0 Å². The predicted octanol–water partition coefficient (Wildman–Crippen LogP) is 6.69. The number of para-hydroxylation sites is 2. The van der Waals surface area contributed by atoms with E-state index in [0.717, 1.165) is 31.8 Å². The summed E-state index contributed by atoms with van der Waals surface area (Å²) in [5, 5.41) is 0. The highest BCUT2D eigenvalue weighted by Crippen LogP contribution is 2.41. The number of methoxy groups -OCH3 is 1. The summed E-state index contributed by atoms with van der Waals surface area (Å²) in [5.74, 6) is 0.841. The van der Waals surface area contributed by atoms with Gasteiger partial charge in [0.2, 0.25) is 0 Å². The lowest BCUT2D eigenvalue weighted by Crippen LogP contribution is -2.11. The number of nitrogens with zero attached hydrogens (tertiary/aromatic N) is 1. The second kappa shape index (κ2) is 7.20. The maximum absolute atomic E-state index is 5.27. The van der Waals surface area contributed by atoms with Gasteiger partial charge in [-0.1, -0.05) is 24.3 Å². The molecule has 0 spiro atoms. The Balaban J connectivity index is 2.17. The molecule has 0 bridgehead atoms. The molecule has 0 amide bonds. The Labute approximate surface area is 153 Å². The first kappa shape index (κ1) is 16.1. The van der Waals surface area contributed by atoms with Crippen molar-refractivity contribution in [1.29, 1.82) is 0 Å². The van der Waals surface area contributed by atoms with E-state index in [1.807, 2.05) is 48.5 Å². The van der Waals surface area contributed by atoms with E-state index in [1.54, 1.807) is 7.11 Å². The minimum Gasteiger partial charge on any atom is -0.497 e. The molecule has 0 N–H and O–H groups in total. The zero-order valence-electron chi connectivity index (χ0n) is 12.5. The molecule has 0 saturated carbocycles. The molecule has 3 aromatic rings. The van der Waals surface area contributed by atoms with Crippen molar-refractivity contribution >= 4 is 48.9 Å². The van der Waals surface area contributed by atoms with Gasteiger partial charge in [0.05, 0.1) is 18.5 Å². The molecule has 0 aliphatic rings. The number of rotatable bonds is 4. The molecule has 0 radical (unpaired) electrons. The molecular formula is C19H15Br2NO. The van der Waals surface area contributed by atoms with E-state index in [1.165, 1.54) is 0 Å². The summed E-state index contributed by atoms with van der Waals surface area (Å²) in [5.41, 5.74) is 3.21. The van der Waals surface area contributed by atoms with Gasteiger partial charge in [-0.25, -0.2) is 0 Å². The van der Waals surface area contributed by atoms with Crippen LogP contribution < -0.4 is 9.64 Å². The molecule has 0 aromatic heterocycles. The quantitative estimate of drug-likeness (QED) is 0.455. The molecule has 116 valence electrons. The van der Waals surface area contributed by atoms with Gasteiger partial charge in [-0.15, -0.1) is 0 Å². The van der Waals surface area contributed by atoms with E-state index in [0.29, 0.717) is 0 Å². The Morgan fingerprint density at radius 1 is 0.696 bits per heavy atom. The van der Waals surface area contributed by atoms with Crippen molar-refractivity contribution in [2.75, 3.05) is 12.0 Å². The average molecular weight is 433 g/mol. The predicted molar refractivity (Wildman–Crippen MR) is 103 cm³/mol. The van der Waals surface area contributed by atoms with E-state index in [2.05, 4.69) is 61.0 Å². The highest BCUT2D eigenvalue weighted by Gasteiger charge is 2.16. The van der Waals surface area contributed by atoms with Gasteiger partial charge in [0, 0.05) is 14.6 Å². The molecule has 0 atom stereocenters. The molecule has 0 saturated heterocycles. The zero-order chi connectivity index (χ0) is 16.2. The fourth-order valence-corrected chi connectivity index (χ4v) is 3.33. The fourth-order valence-electron chi connectivity index (χ4n) is 2.41. The maximum Gasteiger partial charge on any atom is 0.119 e. The van der Waals surface area contributed by atoms with Crippen molar-refractivity contribution < 1.29 is 4.74 Å². The summed E-state index contributed by atoms with van der Waals surface area (Å²) in [6.07, 6.45) is 0. The Morgan fingerprint density at radius 3 is 1.61 bits per heavy atom. The maximum atomic E-state index is 5.27. The van der Waals surface area contributed by atoms with Gasteiger partial charge in [0.1, 0.15) is 5.75 Å². The van der Waals surface area contributed by atoms with Crippen molar-refractivity contribution in [1.82, 2.24) is 0 Å². The van der Waals surface area contributed by atoms with Crippen molar-refractivity contribution in [3.63, 3.8) is 0 Å². The second-order valence-electron chi connectivity index (χ2n) is 4.94. The van der Waals surface area contributed by atoms with Crippen LogP contribution >= 0.6 is 31.9 Å². The van der Waals surface area contributed by atoms with Gasteiger partial charge in [0.25, 0.3) is 0 Å². The van der Waals surface area contributed by atoms with Crippen molar-refractivity contribution in [2.24, 2.45) is 0 Å². The molecular weight excluding hydrogens is 418 g/mol. The SMILES string of the molecule is COc1ccc(N(c2ccccc2Br)c2ccccc2Br)cc1. The summed E-state index contributed by atoms with van der Waals surface area (Å²) in [4.78, 5) is 2.20. The van der Waals surface area contributed by atoms with Gasteiger partial charge in [-0.3, -0.25) is 0 Å². The van der Waals surface area contributed by atoms with Crippen LogP contribution in [0.2, 0.25) is 0 Å². The van der Waals surface area contributed by atoms with Crippen molar-refractivity contribution in [3.8, 4) is 5.75 Å². The number of hydrogen-bond acceptors (Lipinski definition) is 2. The number of halogens is 2. The Morgan fingerprint density at radius 2 is 1.17 bits per heavy atom. The first-order valence-corrected chi connectivity index (χ1v) is 8.72. The van der Waals surface area contributed by atoms with Crippen LogP contribution in [0.5, 0.6) is 5.75 Å². The van der Waals surface area contributed by atoms with E-state index in [9.17, 15) is 0 Å². The Kier molecular flexibility index (Phi) is 5.03. The van der Waals surface area contributed by atoms with Crippen LogP contribution in [0.4, 0.5) is 17.1 Å². The smallest absolute Gasteiger partial charge is 0.119 e. The summed E-state index contributed by atoms with van der Waals surface area (Å²) in [6, 6.07) is 24.4. The van der Waals surface area contributed by atoms with Gasteiger partial charge in [0.15, 0.2) is 0 Å². The van der Waals surface area contributed by atoms with Gasteiger partial charge >= 0.3 is 0 Å². The van der Waals surface area contributed by atoms with Gasteiger partial charge in [-0.2, -0.15) is 0 Å². The first-order chi connectivity index (χ1) is 11.2. The molecule has 0 aliphatic carbocycles. The van der Waals surface area contributed by atoms with E-state index in [-0.39, 0.29) is 0 Å². The average Bonchev–Trinajstić information content (AvgIpc) is 2.59. The van der Waals surface area contributed by atoms with Crippen LogP contribution in [0.1, 0.15) is 0 Å². The van der Waals surface area contributed by atoms with E-state index < -0.39 is 0 Å².